The number of hydrogen-bond donors (Lipinski definition) is 2. The van der Waals surface area contributed by atoms with Gasteiger partial charge >= 0.3 is 4.87 Å². The molecule has 11 nitrogen and oxygen atoms in total. The number of aromatic amines is 1. The number of carbonyl (C=O) groups is 2. The quantitative estimate of drug-likeness (QED) is 0.261. The van der Waals surface area contributed by atoms with Crippen LogP contribution in [0.15, 0.2) is 46.2 Å². The Hall–Kier alpha value is -3.84. The molecule has 2 saturated carbocycles. The summed E-state index contributed by atoms with van der Waals surface area (Å²) in [5, 5.41) is 22.4. The van der Waals surface area contributed by atoms with Crippen molar-refractivity contribution < 1.29 is 29.1 Å². The second kappa shape index (κ2) is 8.83. The summed E-state index contributed by atoms with van der Waals surface area (Å²) in [5.41, 5.74) is 1.01. The van der Waals surface area contributed by atoms with Crippen LogP contribution in [0.25, 0.3) is 0 Å². The number of phenolic OH excluding ortho intramolecular Hbond substituents is 1. The van der Waals surface area contributed by atoms with Crippen molar-refractivity contribution in [3.63, 3.8) is 0 Å². The van der Waals surface area contributed by atoms with E-state index in [1.165, 1.54) is 43.4 Å². The largest absolute Gasteiger partial charge is 0.502 e. The van der Waals surface area contributed by atoms with Crippen LogP contribution in [0, 0.1) is 39.7 Å². The van der Waals surface area contributed by atoms with Crippen LogP contribution in [0.1, 0.15) is 22.8 Å². The summed E-state index contributed by atoms with van der Waals surface area (Å²) in [5.74, 6) is -1.73. The van der Waals surface area contributed by atoms with Gasteiger partial charge in [0, 0.05) is 28.2 Å². The van der Waals surface area contributed by atoms with E-state index < -0.39 is 16.8 Å². The molecule has 7 rings (SSSR count). The minimum Gasteiger partial charge on any atom is -0.502 e. The Morgan fingerprint density at radius 2 is 1.65 bits per heavy atom. The fourth-order valence-electron chi connectivity index (χ4n) is 7.46. The first-order valence-corrected chi connectivity index (χ1v) is 14.4. The first-order chi connectivity index (χ1) is 19.2. The molecule has 13 heteroatoms. The Morgan fingerprint density at radius 1 is 1.02 bits per heavy atom. The molecule has 5 unspecified atom stereocenters. The molecule has 2 aliphatic carbocycles. The second-order valence-corrected chi connectivity index (χ2v) is 12.7. The van der Waals surface area contributed by atoms with E-state index in [4.69, 9.17) is 9.47 Å². The molecule has 2 bridgehead atoms. The molecule has 3 fully saturated rings. The van der Waals surface area contributed by atoms with Crippen LogP contribution in [-0.2, 0) is 9.59 Å². The zero-order valence-electron chi connectivity index (χ0n) is 21.2. The number of H-pyrrole nitrogens is 1. The number of nitrogens with one attached hydrogen (secondary N) is 1. The molecule has 2 aromatic carbocycles. The van der Waals surface area contributed by atoms with E-state index in [2.05, 4.69) is 4.98 Å². The molecule has 0 spiro atoms. The van der Waals surface area contributed by atoms with Gasteiger partial charge in [-0.1, -0.05) is 11.3 Å². The summed E-state index contributed by atoms with van der Waals surface area (Å²) in [7, 11) is 2.91. The smallest absolute Gasteiger partial charge is 0.305 e. The summed E-state index contributed by atoms with van der Waals surface area (Å²) in [4.78, 5) is 55.5. The first kappa shape index (κ1) is 25.1. The third-order valence-electron chi connectivity index (χ3n) is 8.90. The predicted molar refractivity (Wildman–Crippen MR) is 145 cm³/mol. The maximum atomic E-state index is 13.9. The molecule has 2 N–H and O–H groups in total. The van der Waals surface area contributed by atoms with Gasteiger partial charge in [-0.25, -0.2) is 0 Å². The number of methoxy groups -OCH3 is 2. The molecule has 4 aliphatic rings. The molecule has 2 aliphatic heterocycles. The predicted octanol–water partition coefficient (Wildman–Crippen LogP) is 3.75. The van der Waals surface area contributed by atoms with Crippen molar-refractivity contribution in [3.8, 4) is 17.2 Å². The van der Waals surface area contributed by atoms with Gasteiger partial charge in [-0.15, -0.1) is 11.8 Å². The Morgan fingerprint density at radius 3 is 2.25 bits per heavy atom. The van der Waals surface area contributed by atoms with E-state index in [0.29, 0.717) is 12.1 Å². The van der Waals surface area contributed by atoms with E-state index in [9.17, 15) is 29.6 Å². The number of benzene rings is 2. The third-order valence-corrected chi connectivity index (χ3v) is 11.5. The molecule has 1 saturated heterocycles. The lowest BCUT2D eigenvalue weighted by atomic mass is 9.68. The molecule has 40 heavy (non-hydrogen) atoms. The average molecular weight is 582 g/mol. The van der Waals surface area contributed by atoms with Crippen LogP contribution in [0.4, 0.5) is 11.4 Å². The standard InChI is InChI=1S/C27H23N3O8S2/c1-37-15-7-10(8-16(38-2)21(15)31)17-18-13-9-14(22(18)39-24-23(17)40-27(34)28-24)20-19(13)25(32)29(26(20)33)11-3-5-12(6-4-11)30(35)36/h3-8,13-14,17-20,22,31H,9H2,1-2H3,(H,28,34)/t13-,14-,17?,18?,19?,20?,22?/m1/s1. The van der Waals surface area contributed by atoms with Gasteiger partial charge in [0.05, 0.1) is 41.7 Å². The van der Waals surface area contributed by atoms with Crippen molar-refractivity contribution in [2.24, 2.45) is 29.6 Å². The number of nitro benzene ring substituents is 1. The van der Waals surface area contributed by atoms with Crippen LogP contribution in [0.3, 0.4) is 0 Å². The highest BCUT2D eigenvalue weighted by Gasteiger charge is 2.69. The number of thioether (sulfide) groups is 1. The molecular formula is C27H23N3O8S2. The molecule has 1 aromatic heterocycles. The van der Waals surface area contributed by atoms with Crippen molar-refractivity contribution in [3.05, 3.63) is 66.6 Å². The summed E-state index contributed by atoms with van der Waals surface area (Å²) < 4.78 is 10.8. The SMILES string of the molecule is COc1cc(C2c3sc(=O)[nH]c3SC3C2[C@H]2C[C@@H]3C3C(=O)N(c4ccc([N+](=O)[O-])cc4)C(=O)C32)cc(OC)c1O. The van der Waals surface area contributed by atoms with Gasteiger partial charge in [0.2, 0.25) is 17.6 Å². The minimum atomic E-state index is -0.523. The lowest BCUT2D eigenvalue weighted by molar-refractivity contribution is -0.384. The Balaban J connectivity index is 1.32. The molecule has 206 valence electrons. The van der Waals surface area contributed by atoms with Gasteiger partial charge in [-0.3, -0.25) is 29.4 Å². The molecule has 2 amide bonds. The van der Waals surface area contributed by atoms with Crippen LogP contribution < -0.4 is 19.2 Å². The summed E-state index contributed by atoms with van der Waals surface area (Å²) >= 11 is 2.71. The lowest BCUT2D eigenvalue weighted by Gasteiger charge is -2.43. The number of phenols is 1. The lowest BCUT2D eigenvalue weighted by Crippen LogP contribution is -2.42. The van der Waals surface area contributed by atoms with Gasteiger partial charge in [0.25, 0.3) is 5.69 Å². The number of imide groups is 1. The normalized spacial score (nSPS) is 29.8. The number of rotatable bonds is 5. The number of fused-ring (bicyclic) bond motifs is 9. The number of ether oxygens (including phenoxy) is 2. The van der Waals surface area contributed by atoms with E-state index in [1.54, 1.807) is 23.9 Å². The highest BCUT2D eigenvalue weighted by atomic mass is 32.2. The number of anilines is 1. The highest BCUT2D eigenvalue weighted by Crippen LogP contribution is 2.69. The zero-order chi connectivity index (χ0) is 28.0. The van der Waals surface area contributed by atoms with E-state index in [-0.39, 0.29) is 68.5 Å². The fraction of sp³-hybridized carbons (Fsp3) is 0.370. The van der Waals surface area contributed by atoms with Gasteiger partial charge in [0.1, 0.15) is 0 Å². The highest BCUT2D eigenvalue weighted by molar-refractivity contribution is 8.00. The molecule has 7 atom stereocenters. The van der Waals surface area contributed by atoms with Crippen LogP contribution >= 0.6 is 23.1 Å². The number of nitro groups is 1. The fourth-order valence-corrected chi connectivity index (χ4v) is 10.4. The minimum absolute atomic E-state index is 0.0200. The number of aromatic hydroxyl groups is 1. The van der Waals surface area contributed by atoms with E-state index in [0.717, 1.165) is 26.8 Å². The monoisotopic (exact) mass is 581 g/mol. The van der Waals surface area contributed by atoms with Crippen molar-refractivity contribution in [2.45, 2.75) is 22.6 Å². The molecule has 0 radical (unpaired) electrons. The summed E-state index contributed by atoms with van der Waals surface area (Å²) in [6, 6.07) is 8.97. The van der Waals surface area contributed by atoms with Crippen LogP contribution in [-0.4, -0.2) is 46.3 Å². The molecule has 3 aromatic rings. The van der Waals surface area contributed by atoms with Crippen LogP contribution in [0.5, 0.6) is 17.2 Å². The number of hydrogen-bond acceptors (Lipinski definition) is 10. The number of carbonyl (C=O) groups excluding carboxylic acids is 2. The average Bonchev–Trinajstić information content (AvgIpc) is 3.67. The van der Waals surface area contributed by atoms with Crippen molar-refractivity contribution in [1.29, 1.82) is 0 Å². The third kappa shape index (κ3) is 3.33. The zero-order valence-corrected chi connectivity index (χ0v) is 22.9. The van der Waals surface area contributed by atoms with Crippen molar-refractivity contribution >= 4 is 46.3 Å². The van der Waals surface area contributed by atoms with E-state index >= 15 is 0 Å². The van der Waals surface area contributed by atoms with Gasteiger partial charge in [0.15, 0.2) is 11.5 Å². The van der Waals surface area contributed by atoms with Gasteiger partial charge in [-0.05, 0) is 54.0 Å². The Kier molecular flexibility index (Phi) is 5.55. The topological polar surface area (TPSA) is 152 Å². The number of non-ortho nitro benzene ring substituents is 1. The first-order valence-electron chi connectivity index (χ1n) is 12.7. The number of thiazole rings is 1. The number of amides is 2. The maximum absolute atomic E-state index is 13.9. The number of aromatic nitrogens is 1. The molecule has 3 heterocycles. The summed E-state index contributed by atoms with van der Waals surface area (Å²) in [6.45, 7) is 0. The van der Waals surface area contributed by atoms with Crippen molar-refractivity contribution in [1.82, 2.24) is 4.98 Å². The molecular weight excluding hydrogens is 558 g/mol. The van der Waals surface area contributed by atoms with Gasteiger partial charge < -0.3 is 19.6 Å². The van der Waals surface area contributed by atoms with Crippen molar-refractivity contribution in [2.75, 3.05) is 19.1 Å². The van der Waals surface area contributed by atoms with E-state index in [1.807, 2.05) is 0 Å². The maximum Gasteiger partial charge on any atom is 0.305 e. The number of nitrogens with zero attached hydrogens (tertiary/aromatic N) is 2. The Labute approximate surface area is 235 Å². The van der Waals surface area contributed by atoms with Gasteiger partial charge in [-0.2, -0.15) is 0 Å². The Bertz CT molecular complexity index is 1620. The summed E-state index contributed by atoms with van der Waals surface area (Å²) in [6.07, 6.45) is 0.714. The van der Waals surface area contributed by atoms with Crippen LogP contribution in [0.2, 0.25) is 0 Å². The second-order valence-electron chi connectivity index (χ2n) is 10.5.